The van der Waals surface area contributed by atoms with Crippen molar-refractivity contribution in [2.75, 3.05) is 5.75 Å². The molecule has 0 fully saturated rings. The second-order valence-corrected chi connectivity index (χ2v) is 7.45. The van der Waals surface area contributed by atoms with E-state index in [-0.39, 0.29) is 10.5 Å². The summed E-state index contributed by atoms with van der Waals surface area (Å²) in [6.45, 7) is 6.31. The fourth-order valence-electron chi connectivity index (χ4n) is 0.817. The molecule has 0 aliphatic rings. The van der Waals surface area contributed by atoms with Crippen molar-refractivity contribution in [3.63, 3.8) is 0 Å². The lowest BCUT2D eigenvalue weighted by Gasteiger charge is -2.16. The summed E-state index contributed by atoms with van der Waals surface area (Å²) in [5.74, 6) is 0.696. The zero-order valence-corrected chi connectivity index (χ0v) is 10.9. The topological polar surface area (TPSA) is 17.1 Å². The fraction of sp³-hybridized carbons (Fsp3) is 0.500. The number of thioether (sulfide) groups is 1. The van der Waals surface area contributed by atoms with E-state index in [4.69, 9.17) is 11.6 Å². The lowest BCUT2D eigenvalue weighted by molar-refractivity contribution is 0.102. The van der Waals surface area contributed by atoms with Crippen LogP contribution < -0.4 is 0 Å². The Morgan fingerprint density at radius 3 is 2.57 bits per heavy atom. The number of hydrogen-bond donors (Lipinski definition) is 0. The Balaban J connectivity index is 2.52. The van der Waals surface area contributed by atoms with Gasteiger partial charge in [-0.25, -0.2) is 0 Å². The van der Waals surface area contributed by atoms with Crippen LogP contribution >= 0.6 is 34.7 Å². The van der Waals surface area contributed by atoms with Crippen molar-refractivity contribution in [2.45, 2.75) is 25.5 Å². The molecule has 78 valence electrons. The zero-order chi connectivity index (χ0) is 10.8. The van der Waals surface area contributed by atoms with Crippen molar-refractivity contribution in [1.29, 1.82) is 0 Å². The second-order valence-electron chi connectivity index (χ2n) is 3.93. The van der Waals surface area contributed by atoms with Gasteiger partial charge in [0.05, 0.1) is 15.0 Å². The van der Waals surface area contributed by atoms with Crippen molar-refractivity contribution in [3.8, 4) is 0 Å². The van der Waals surface area contributed by atoms with Gasteiger partial charge < -0.3 is 0 Å². The van der Waals surface area contributed by atoms with Crippen molar-refractivity contribution in [2.24, 2.45) is 0 Å². The summed E-state index contributed by atoms with van der Waals surface area (Å²) in [7, 11) is 0. The minimum Gasteiger partial charge on any atom is -0.292 e. The predicted molar refractivity (Wildman–Crippen MR) is 65.9 cm³/mol. The van der Waals surface area contributed by atoms with E-state index in [1.165, 1.54) is 11.3 Å². The third-order valence-corrected chi connectivity index (χ3v) is 4.03. The van der Waals surface area contributed by atoms with Crippen LogP contribution in [0.25, 0.3) is 0 Å². The normalized spacial score (nSPS) is 11.7. The number of ketones is 1. The molecule has 0 radical (unpaired) electrons. The minimum atomic E-state index is 0.136. The van der Waals surface area contributed by atoms with Crippen molar-refractivity contribution < 1.29 is 4.79 Å². The van der Waals surface area contributed by atoms with Gasteiger partial charge in [-0.1, -0.05) is 32.4 Å². The molecule has 0 unspecified atom stereocenters. The molecule has 0 aliphatic carbocycles. The van der Waals surface area contributed by atoms with Gasteiger partial charge in [0, 0.05) is 4.75 Å². The highest BCUT2D eigenvalue weighted by Crippen LogP contribution is 2.27. The smallest absolute Gasteiger partial charge is 0.182 e. The minimum absolute atomic E-state index is 0.136. The van der Waals surface area contributed by atoms with Gasteiger partial charge in [0.25, 0.3) is 0 Å². The summed E-state index contributed by atoms with van der Waals surface area (Å²) in [5, 5.41) is 0. The van der Waals surface area contributed by atoms with Crippen LogP contribution in [0.4, 0.5) is 0 Å². The second kappa shape index (κ2) is 4.69. The molecule has 0 bridgehead atoms. The quantitative estimate of drug-likeness (QED) is 0.749. The highest BCUT2D eigenvalue weighted by atomic mass is 35.5. The van der Waals surface area contributed by atoms with Crippen LogP contribution in [0.5, 0.6) is 0 Å². The molecule has 0 N–H and O–H groups in total. The number of carbonyl (C=O) groups is 1. The first-order chi connectivity index (χ1) is 6.38. The standard InChI is InChI=1S/C10H13ClOS2/c1-10(2,3)13-6-7(12)8-4-5-9(11)14-8/h4-5H,6H2,1-3H3. The summed E-state index contributed by atoms with van der Waals surface area (Å²) in [4.78, 5) is 12.4. The molecular formula is C10H13ClOS2. The van der Waals surface area contributed by atoms with Crippen LogP contribution in [0.1, 0.15) is 30.4 Å². The number of rotatable bonds is 3. The molecular weight excluding hydrogens is 236 g/mol. The Kier molecular flexibility index (Phi) is 4.04. The molecule has 1 aromatic heterocycles. The first-order valence-electron chi connectivity index (χ1n) is 4.31. The van der Waals surface area contributed by atoms with Crippen LogP contribution in [0, 0.1) is 0 Å². The van der Waals surface area contributed by atoms with Gasteiger partial charge in [0.2, 0.25) is 0 Å². The average molecular weight is 249 g/mol. The molecule has 0 aromatic carbocycles. The van der Waals surface area contributed by atoms with Gasteiger partial charge in [0.1, 0.15) is 0 Å². The summed E-state index contributed by atoms with van der Waals surface area (Å²) in [5.41, 5.74) is 0. The molecule has 0 aliphatic heterocycles. The summed E-state index contributed by atoms with van der Waals surface area (Å²) < 4.78 is 0.811. The van der Waals surface area contributed by atoms with Gasteiger partial charge in [-0.3, -0.25) is 4.79 Å². The molecule has 1 nitrogen and oxygen atoms in total. The Morgan fingerprint density at radius 2 is 2.14 bits per heavy atom. The molecule has 0 saturated heterocycles. The zero-order valence-electron chi connectivity index (χ0n) is 8.46. The van der Waals surface area contributed by atoms with E-state index in [0.29, 0.717) is 10.1 Å². The summed E-state index contributed by atoms with van der Waals surface area (Å²) >= 11 is 8.76. The molecule has 0 atom stereocenters. The third kappa shape index (κ3) is 4.03. The summed E-state index contributed by atoms with van der Waals surface area (Å²) in [6.07, 6.45) is 0. The number of hydrogen-bond acceptors (Lipinski definition) is 3. The van der Waals surface area contributed by atoms with Gasteiger partial charge in [-0.15, -0.1) is 23.1 Å². The molecule has 1 heterocycles. The number of carbonyl (C=O) groups excluding carboxylic acids is 1. The van der Waals surface area contributed by atoms with Gasteiger partial charge in [-0.2, -0.15) is 0 Å². The van der Waals surface area contributed by atoms with Gasteiger partial charge in [-0.05, 0) is 12.1 Å². The largest absolute Gasteiger partial charge is 0.292 e. The molecule has 1 aromatic rings. The predicted octanol–water partition coefficient (Wildman–Crippen LogP) is 4.12. The Labute approximate surface area is 97.8 Å². The monoisotopic (exact) mass is 248 g/mol. The number of Topliss-reactive ketones (excluding diaryl/α,β-unsaturated/α-hetero) is 1. The van der Waals surface area contributed by atoms with Crippen LogP contribution in [-0.2, 0) is 0 Å². The molecule has 1 rings (SSSR count). The lowest BCUT2D eigenvalue weighted by atomic mass is 10.3. The van der Waals surface area contributed by atoms with E-state index in [2.05, 4.69) is 20.8 Å². The Bertz CT molecular complexity index is 325. The number of halogens is 1. The fourth-order valence-corrected chi connectivity index (χ4v) is 2.61. The van der Waals surface area contributed by atoms with E-state index in [9.17, 15) is 4.79 Å². The molecule has 0 saturated carbocycles. The molecule has 4 heteroatoms. The average Bonchev–Trinajstić information content (AvgIpc) is 2.46. The van der Waals surface area contributed by atoms with Crippen molar-refractivity contribution in [1.82, 2.24) is 0 Å². The van der Waals surface area contributed by atoms with Crippen LogP contribution in [-0.4, -0.2) is 16.3 Å². The van der Waals surface area contributed by atoms with Gasteiger partial charge >= 0.3 is 0 Å². The van der Waals surface area contributed by atoms with Gasteiger partial charge in [0.15, 0.2) is 5.78 Å². The Hall–Kier alpha value is 0.01000. The van der Waals surface area contributed by atoms with E-state index in [1.807, 2.05) is 0 Å². The highest BCUT2D eigenvalue weighted by Gasteiger charge is 2.15. The van der Waals surface area contributed by atoms with Crippen molar-refractivity contribution in [3.05, 3.63) is 21.3 Å². The van der Waals surface area contributed by atoms with Crippen LogP contribution in [0.3, 0.4) is 0 Å². The third-order valence-electron chi connectivity index (χ3n) is 1.48. The van der Waals surface area contributed by atoms with E-state index >= 15 is 0 Å². The highest BCUT2D eigenvalue weighted by molar-refractivity contribution is 8.01. The van der Waals surface area contributed by atoms with Crippen LogP contribution in [0.15, 0.2) is 12.1 Å². The van der Waals surface area contributed by atoms with Crippen LogP contribution in [0.2, 0.25) is 4.34 Å². The maximum absolute atomic E-state index is 11.6. The summed E-state index contributed by atoms with van der Waals surface area (Å²) in [6, 6.07) is 3.56. The van der Waals surface area contributed by atoms with E-state index < -0.39 is 0 Å². The maximum atomic E-state index is 11.6. The molecule has 14 heavy (non-hydrogen) atoms. The molecule has 0 spiro atoms. The SMILES string of the molecule is CC(C)(C)SCC(=O)c1ccc(Cl)s1. The van der Waals surface area contributed by atoms with E-state index in [0.717, 1.165) is 4.88 Å². The first-order valence-corrected chi connectivity index (χ1v) is 6.49. The molecule has 0 amide bonds. The number of thiophene rings is 1. The Morgan fingerprint density at radius 1 is 1.50 bits per heavy atom. The van der Waals surface area contributed by atoms with Crippen molar-refractivity contribution >= 4 is 40.5 Å². The lowest BCUT2D eigenvalue weighted by Crippen LogP contribution is -2.12. The maximum Gasteiger partial charge on any atom is 0.182 e. The first kappa shape index (κ1) is 12.1. The van der Waals surface area contributed by atoms with E-state index in [1.54, 1.807) is 23.9 Å².